The maximum absolute atomic E-state index is 13.4. The Balaban J connectivity index is 2.06. The van der Waals surface area contributed by atoms with Crippen LogP contribution in [0.1, 0.15) is 39.2 Å². The van der Waals surface area contributed by atoms with Gasteiger partial charge in [-0.3, -0.25) is 4.79 Å². The molecule has 3 atom stereocenters. The second-order valence-corrected chi connectivity index (χ2v) is 10.2. The summed E-state index contributed by atoms with van der Waals surface area (Å²) in [6.45, 7) is 5.28. The van der Waals surface area contributed by atoms with Gasteiger partial charge in [-0.15, -0.1) is 0 Å². The minimum absolute atomic E-state index is 0.0575. The van der Waals surface area contributed by atoms with Crippen LogP contribution in [-0.4, -0.2) is 67.5 Å². The van der Waals surface area contributed by atoms with Crippen molar-refractivity contribution in [3.8, 4) is 17.6 Å². The summed E-state index contributed by atoms with van der Waals surface area (Å²) >= 11 is 0. The molecule has 30 heavy (non-hydrogen) atoms. The summed E-state index contributed by atoms with van der Waals surface area (Å²) in [5.74, 6) is 6.65. The number of hydrogen-bond acceptors (Lipinski definition) is 5. The van der Waals surface area contributed by atoms with Crippen molar-refractivity contribution in [2.75, 3.05) is 26.7 Å². The molecule has 1 aliphatic carbocycles. The largest absolute Gasteiger partial charge is 0.487 e. The molecule has 164 valence electrons. The monoisotopic (exact) mass is 434 g/mol. The van der Waals surface area contributed by atoms with Gasteiger partial charge in [-0.25, -0.2) is 8.42 Å². The first kappa shape index (κ1) is 22.6. The number of carbonyl (C=O) groups is 1. The second kappa shape index (κ2) is 8.96. The summed E-state index contributed by atoms with van der Waals surface area (Å²) in [7, 11) is -2.18. The van der Waals surface area contributed by atoms with Crippen LogP contribution in [0.4, 0.5) is 0 Å². The van der Waals surface area contributed by atoms with Crippen LogP contribution >= 0.6 is 0 Å². The molecule has 1 N–H and O–H groups in total. The van der Waals surface area contributed by atoms with Crippen molar-refractivity contribution in [2.45, 2.75) is 50.7 Å². The summed E-state index contributed by atoms with van der Waals surface area (Å²) in [5, 5.41) is 9.66. The van der Waals surface area contributed by atoms with Crippen molar-refractivity contribution in [3.05, 3.63) is 23.8 Å². The molecule has 1 aromatic carbocycles. The molecule has 0 unspecified atom stereocenters. The number of aliphatic hydroxyl groups excluding tert-OH is 1. The quantitative estimate of drug-likeness (QED) is 0.729. The summed E-state index contributed by atoms with van der Waals surface area (Å²) < 4.78 is 34.3. The van der Waals surface area contributed by atoms with Crippen molar-refractivity contribution in [2.24, 2.45) is 11.8 Å². The van der Waals surface area contributed by atoms with Gasteiger partial charge >= 0.3 is 0 Å². The van der Waals surface area contributed by atoms with E-state index in [2.05, 4.69) is 11.8 Å². The molecule has 0 bridgehead atoms. The third-order valence-electron chi connectivity index (χ3n) is 5.66. The summed E-state index contributed by atoms with van der Waals surface area (Å²) in [6, 6.07) is 4.31. The number of hydrogen-bond donors (Lipinski definition) is 1. The van der Waals surface area contributed by atoms with Crippen molar-refractivity contribution in [1.29, 1.82) is 0 Å². The Hall–Kier alpha value is -2.08. The molecule has 3 rings (SSSR count). The first-order chi connectivity index (χ1) is 14.1. The van der Waals surface area contributed by atoms with Crippen LogP contribution in [0.25, 0.3) is 0 Å². The third-order valence-corrected chi connectivity index (χ3v) is 7.68. The SMILES string of the molecule is CC(=O)N(C)C[C@H]1Oc2cc(C#CC3CC3)ccc2S(=O)(=O)N([C@H](C)CO)C[C@@H]1C. The highest BCUT2D eigenvalue weighted by molar-refractivity contribution is 7.89. The molecule has 1 saturated carbocycles. The van der Waals surface area contributed by atoms with E-state index in [0.29, 0.717) is 18.0 Å². The average molecular weight is 435 g/mol. The first-order valence-corrected chi connectivity index (χ1v) is 11.7. The lowest BCUT2D eigenvalue weighted by atomic mass is 10.0. The van der Waals surface area contributed by atoms with Crippen LogP contribution < -0.4 is 4.74 Å². The van der Waals surface area contributed by atoms with Crippen LogP contribution in [0.2, 0.25) is 0 Å². The predicted molar refractivity (Wildman–Crippen MR) is 113 cm³/mol. The van der Waals surface area contributed by atoms with Gasteiger partial charge < -0.3 is 14.7 Å². The molecule has 0 spiro atoms. The van der Waals surface area contributed by atoms with E-state index >= 15 is 0 Å². The van der Waals surface area contributed by atoms with E-state index < -0.39 is 22.2 Å². The van der Waals surface area contributed by atoms with Gasteiger partial charge in [-0.2, -0.15) is 4.31 Å². The van der Waals surface area contributed by atoms with Gasteiger partial charge in [-0.05, 0) is 38.0 Å². The molecule has 0 saturated heterocycles. The number of benzene rings is 1. The Morgan fingerprint density at radius 3 is 2.70 bits per heavy atom. The van der Waals surface area contributed by atoms with Crippen molar-refractivity contribution in [1.82, 2.24) is 9.21 Å². The Labute approximate surface area is 179 Å². The highest BCUT2D eigenvalue weighted by atomic mass is 32.2. The molecule has 1 aliphatic heterocycles. The molecule has 2 aliphatic rings. The van der Waals surface area contributed by atoms with Gasteiger partial charge in [0.25, 0.3) is 0 Å². The smallest absolute Gasteiger partial charge is 0.247 e. The topological polar surface area (TPSA) is 87.2 Å². The minimum Gasteiger partial charge on any atom is -0.487 e. The molecule has 1 heterocycles. The molecule has 1 amide bonds. The zero-order valence-electron chi connectivity index (χ0n) is 18.0. The van der Waals surface area contributed by atoms with E-state index in [0.717, 1.165) is 12.8 Å². The number of carbonyl (C=O) groups excluding carboxylic acids is 1. The number of amides is 1. The molecule has 0 aromatic heterocycles. The van der Waals surface area contributed by atoms with E-state index in [4.69, 9.17) is 4.74 Å². The maximum Gasteiger partial charge on any atom is 0.247 e. The number of aliphatic hydroxyl groups is 1. The van der Waals surface area contributed by atoms with E-state index in [1.807, 2.05) is 6.92 Å². The van der Waals surface area contributed by atoms with Crippen LogP contribution in [0, 0.1) is 23.7 Å². The fourth-order valence-corrected chi connectivity index (χ4v) is 5.16. The molecular formula is C22H30N2O5S. The van der Waals surface area contributed by atoms with E-state index in [-0.39, 0.29) is 35.6 Å². The third kappa shape index (κ3) is 4.97. The normalized spacial score (nSPS) is 24.3. The minimum atomic E-state index is -3.87. The van der Waals surface area contributed by atoms with Crippen molar-refractivity contribution >= 4 is 15.9 Å². The Bertz CT molecular complexity index is 961. The predicted octanol–water partition coefficient (Wildman–Crippen LogP) is 1.70. The van der Waals surface area contributed by atoms with Gasteiger partial charge in [-0.1, -0.05) is 18.8 Å². The average Bonchev–Trinajstić information content (AvgIpc) is 3.52. The number of ether oxygens (including phenoxy) is 1. The van der Waals surface area contributed by atoms with Crippen molar-refractivity contribution < 1.29 is 23.1 Å². The van der Waals surface area contributed by atoms with Crippen LogP contribution in [0.15, 0.2) is 23.1 Å². The van der Waals surface area contributed by atoms with Gasteiger partial charge in [0.2, 0.25) is 15.9 Å². The Morgan fingerprint density at radius 2 is 2.10 bits per heavy atom. The van der Waals surface area contributed by atoms with Crippen LogP contribution in [-0.2, 0) is 14.8 Å². The van der Waals surface area contributed by atoms with Gasteiger partial charge in [0.05, 0.1) is 13.2 Å². The fourth-order valence-electron chi connectivity index (χ4n) is 3.33. The first-order valence-electron chi connectivity index (χ1n) is 10.3. The van der Waals surface area contributed by atoms with E-state index in [1.54, 1.807) is 31.0 Å². The van der Waals surface area contributed by atoms with Gasteiger partial charge in [0, 0.05) is 44.0 Å². The summed E-state index contributed by atoms with van der Waals surface area (Å²) in [5.41, 5.74) is 0.699. The zero-order chi connectivity index (χ0) is 22.1. The highest BCUT2D eigenvalue weighted by Gasteiger charge is 2.38. The Morgan fingerprint density at radius 1 is 1.40 bits per heavy atom. The summed E-state index contributed by atoms with van der Waals surface area (Å²) in [4.78, 5) is 13.4. The van der Waals surface area contributed by atoms with Crippen LogP contribution in [0.5, 0.6) is 5.75 Å². The molecule has 0 radical (unpaired) electrons. The number of rotatable bonds is 4. The standard InChI is InChI=1S/C22H30N2O5S/c1-15-12-24(16(2)14-25)30(27,28)22-10-9-19(8-7-18-5-6-18)11-20(22)29-21(15)13-23(4)17(3)26/h9-11,15-16,18,21,25H,5-6,12-14H2,1-4H3/t15-,16+,21+/m0/s1. The lowest BCUT2D eigenvalue weighted by molar-refractivity contribution is -0.129. The van der Waals surface area contributed by atoms with Crippen LogP contribution in [0.3, 0.4) is 0 Å². The summed E-state index contributed by atoms with van der Waals surface area (Å²) in [6.07, 6.45) is 1.80. The van der Waals surface area contributed by atoms with Crippen molar-refractivity contribution in [3.63, 3.8) is 0 Å². The second-order valence-electron chi connectivity index (χ2n) is 8.34. The molecule has 8 heteroatoms. The number of fused-ring (bicyclic) bond motifs is 1. The lowest BCUT2D eigenvalue weighted by Gasteiger charge is -2.37. The Kier molecular flexibility index (Phi) is 6.75. The molecular weight excluding hydrogens is 404 g/mol. The maximum atomic E-state index is 13.4. The zero-order valence-corrected chi connectivity index (χ0v) is 18.8. The highest BCUT2D eigenvalue weighted by Crippen LogP contribution is 2.34. The number of nitrogens with zero attached hydrogens (tertiary/aromatic N) is 2. The van der Waals surface area contributed by atoms with Gasteiger partial charge in [0.1, 0.15) is 16.7 Å². The van der Waals surface area contributed by atoms with Gasteiger partial charge in [0.15, 0.2) is 0 Å². The lowest BCUT2D eigenvalue weighted by Crippen LogP contribution is -2.50. The molecule has 1 fully saturated rings. The number of sulfonamides is 1. The number of likely N-dealkylation sites (N-methyl/N-ethyl adjacent to an activating group) is 1. The van der Waals surface area contributed by atoms with E-state index in [1.165, 1.54) is 17.3 Å². The fraction of sp³-hybridized carbons (Fsp3) is 0.591. The molecule has 1 aromatic rings. The van der Waals surface area contributed by atoms with E-state index in [9.17, 15) is 18.3 Å². The molecule has 7 nitrogen and oxygen atoms in total.